The summed E-state index contributed by atoms with van der Waals surface area (Å²) in [4.78, 5) is 4.45. The van der Waals surface area contributed by atoms with Crippen LogP contribution < -0.4 is 5.32 Å². The van der Waals surface area contributed by atoms with Crippen LogP contribution in [0.15, 0.2) is 54.7 Å². The van der Waals surface area contributed by atoms with Gasteiger partial charge >= 0.3 is 0 Å². The molecule has 0 aliphatic rings. The zero-order valence-electron chi connectivity index (χ0n) is 12.2. The van der Waals surface area contributed by atoms with E-state index in [1.807, 2.05) is 61.1 Å². The quantitative estimate of drug-likeness (QED) is 0.791. The molecule has 2 aromatic heterocycles. The number of pyridine rings is 1. The van der Waals surface area contributed by atoms with Crippen molar-refractivity contribution in [1.82, 2.24) is 14.8 Å². The van der Waals surface area contributed by atoms with Crippen LogP contribution in [-0.4, -0.2) is 14.8 Å². The van der Waals surface area contributed by atoms with Crippen LogP contribution in [0.25, 0.3) is 0 Å². The van der Waals surface area contributed by atoms with Gasteiger partial charge in [0, 0.05) is 18.0 Å². The number of nitrogens with one attached hydrogen (secondary N) is 1. The molecule has 4 heteroatoms. The number of aromatic nitrogens is 3. The summed E-state index contributed by atoms with van der Waals surface area (Å²) in [6.45, 7) is 4.76. The Labute approximate surface area is 124 Å². The molecule has 0 saturated carbocycles. The zero-order valence-corrected chi connectivity index (χ0v) is 12.2. The van der Waals surface area contributed by atoms with E-state index in [0.717, 1.165) is 29.4 Å². The predicted octanol–water partition coefficient (Wildman–Crippen LogP) is 3.69. The average molecular weight is 278 g/mol. The molecule has 0 aliphatic carbocycles. The molecule has 21 heavy (non-hydrogen) atoms. The van der Waals surface area contributed by atoms with Gasteiger partial charge in [0.15, 0.2) is 5.82 Å². The highest BCUT2D eigenvalue weighted by molar-refractivity contribution is 5.58. The first-order valence-electron chi connectivity index (χ1n) is 6.99. The fourth-order valence-corrected chi connectivity index (χ4v) is 2.24. The molecule has 0 atom stereocenters. The lowest BCUT2D eigenvalue weighted by Gasteiger charge is -2.07. The van der Waals surface area contributed by atoms with E-state index in [1.165, 1.54) is 5.56 Å². The number of nitrogens with zero attached hydrogens (tertiary/aromatic N) is 3. The molecule has 3 aromatic rings. The highest BCUT2D eigenvalue weighted by Gasteiger charge is 2.03. The molecule has 0 spiro atoms. The Morgan fingerprint density at radius 2 is 1.81 bits per heavy atom. The molecule has 0 unspecified atom stereocenters. The third kappa shape index (κ3) is 3.28. The second-order valence-electron chi connectivity index (χ2n) is 5.09. The smallest absolute Gasteiger partial charge is 0.152 e. The maximum Gasteiger partial charge on any atom is 0.152 e. The molecule has 4 nitrogen and oxygen atoms in total. The standard InChI is InChI=1S/C17H18N4/c1-13-8-9-16(14(2)18-13)19-17-10-11-21(20-17)12-15-6-4-3-5-7-15/h3-11H,12H2,1-2H3,(H,19,20). The monoisotopic (exact) mass is 278 g/mol. The SMILES string of the molecule is Cc1ccc(Nc2ccn(Cc3ccccc3)n2)c(C)n1. The number of hydrogen-bond donors (Lipinski definition) is 1. The van der Waals surface area contributed by atoms with Crippen LogP contribution in [0, 0.1) is 13.8 Å². The van der Waals surface area contributed by atoms with Crippen LogP contribution in [0.2, 0.25) is 0 Å². The van der Waals surface area contributed by atoms with Gasteiger partial charge in [-0.3, -0.25) is 9.67 Å². The zero-order chi connectivity index (χ0) is 14.7. The first-order valence-corrected chi connectivity index (χ1v) is 6.99. The van der Waals surface area contributed by atoms with Crippen molar-refractivity contribution >= 4 is 11.5 Å². The summed E-state index contributed by atoms with van der Waals surface area (Å²) < 4.78 is 1.93. The highest BCUT2D eigenvalue weighted by atomic mass is 15.3. The fourth-order valence-electron chi connectivity index (χ4n) is 2.24. The van der Waals surface area contributed by atoms with E-state index in [4.69, 9.17) is 0 Å². The number of aryl methyl sites for hydroxylation is 2. The largest absolute Gasteiger partial charge is 0.337 e. The fraction of sp³-hybridized carbons (Fsp3) is 0.176. The summed E-state index contributed by atoms with van der Waals surface area (Å²) in [7, 11) is 0. The van der Waals surface area contributed by atoms with E-state index in [-0.39, 0.29) is 0 Å². The van der Waals surface area contributed by atoms with Gasteiger partial charge in [-0.2, -0.15) is 5.10 Å². The molecule has 2 heterocycles. The summed E-state index contributed by atoms with van der Waals surface area (Å²) in [5.41, 5.74) is 4.23. The molecule has 0 aliphatic heterocycles. The Balaban J connectivity index is 1.73. The van der Waals surface area contributed by atoms with Crippen molar-refractivity contribution in [3.8, 4) is 0 Å². The molecular formula is C17H18N4. The Bertz CT molecular complexity index is 732. The molecule has 1 N–H and O–H groups in total. The Morgan fingerprint density at radius 1 is 1.00 bits per heavy atom. The lowest BCUT2D eigenvalue weighted by atomic mass is 10.2. The molecular weight excluding hydrogens is 260 g/mol. The Morgan fingerprint density at radius 3 is 2.57 bits per heavy atom. The van der Waals surface area contributed by atoms with Crippen molar-refractivity contribution in [3.05, 3.63) is 71.7 Å². The maximum atomic E-state index is 4.54. The van der Waals surface area contributed by atoms with E-state index in [0.29, 0.717) is 0 Å². The van der Waals surface area contributed by atoms with Gasteiger partial charge in [0.2, 0.25) is 0 Å². The predicted molar refractivity (Wildman–Crippen MR) is 84.8 cm³/mol. The molecule has 3 rings (SSSR count). The second kappa shape index (κ2) is 5.79. The van der Waals surface area contributed by atoms with Gasteiger partial charge in [0.05, 0.1) is 17.9 Å². The van der Waals surface area contributed by atoms with Gasteiger partial charge in [-0.1, -0.05) is 30.3 Å². The summed E-state index contributed by atoms with van der Waals surface area (Å²) in [6, 6.07) is 16.3. The number of benzene rings is 1. The van der Waals surface area contributed by atoms with Crippen LogP contribution in [0.5, 0.6) is 0 Å². The molecule has 0 saturated heterocycles. The van der Waals surface area contributed by atoms with Crippen LogP contribution in [0.4, 0.5) is 11.5 Å². The number of hydrogen-bond acceptors (Lipinski definition) is 3. The summed E-state index contributed by atoms with van der Waals surface area (Å²) >= 11 is 0. The van der Waals surface area contributed by atoms with E-state index in [9.17, 15) is 0 Å². The van der Waals surface area contributed by atoms with Crippen LogP contribution in [0.3, 0.4) is 0 Å². The minimum Gasteiger partial charge on any atom is -0.337 e. The van der Waals surface area contributed by atoms with Gasteiger partial charge in [0.25, 0.3) is 0 Å². The van der Waals surface area contributed by atoms with Crippen LogP contribution >= 0.6 is 0 Å². The molecule has 0 amide bonds. The lowest BCUT2D eigenvalue weighted by molar-refractivity contribution is 0.689. The number of anilines is 2. The molecule has 0 radical (unpaired) electrons. The minimum atomic E-state index is 0.771. The van der Waals surface area contributed by atoms with Crippen molar-refractivity contribution in [2.24, 2.45) is 0 Å². The molecule has 0 bridgehead atoms. The Kier molecular flexibility index (Phi) is 3.69. The highest BCUT2D eigenvalue weighted by Crippen LogP contribution is 2.18. The maximum absolute atomic E-state index is 4.54. The van der Waals surface area contributed by atoms with E-state index in [2.05, 4.69) is 27.5 Å². The summed E-state index contributed by atoms with van der Waals surface area (Å²) in [5.74, 6) is 0.833. The van der Waals surface area contributed by atoms with Gasteiger partial charge in [0.1, 0.15) is 0 Å². The first kappa shape index (κ1) is 13.4. The minimum absolute atomic E-state index is 0.771. The van der Waals surface area contributed by atoms with Gasteiger partial charge in [-0.15, -0.1) is 0 Å². The molecule has 0 fully saturated rings. The van der Waals surface area contributed by atoms with Crippen molar-refractivity contribution in [1.29, 1.82) is 0 Å². The van der Waals surface area contributed by atoms with E-state index >= 15 is 0 Å². The first-order chi connectivity index (χ1) is 10.2. The van der Waals surface area contributed by atoms with E-state index in [1.54, 1.807) is 0 Å². The Hall–Kier alpha value is -2.62. The van der Waals surface area contributed by atoms with Crippen molar-refractivity contribution in [2.75, 3.05) is 5.32 Å². The van der Waals surface area contributed by atoms with Crippen molar-refractivity contribution in [3.63, 3.8) is 0 Å². The molecule has 106 valence electrons. The number of rotatable bonds is 4. The van der Waals surface area contributed by atoms with Crippen LogP contribution in [-0.2, 0) is 6.54 Å². The third-order valence-corrected chi connectivity index (χ3v) is 3.32. The van der Waals surface area contributed by atoms with Gasteiger partial charge < -0.3 is 5.32 Å². The van der Waals surface area contributed by atoms with Crippen LogP contribution in [0.1, 0.15) is 17.0 Å². The lowest BCUT2D eigenvalue weighted by Crippen LogP contribution is -2.02. The van der Waals surface area contributed by atoms with Crippen molar-refractivity contribution < 1.29 is 0 Å². The van der Waals surface area contributed by atoms with Gasteiger partial charge in [-0.05, 0) is 31.5 Å². The van der Waals surface area contributed by atoms with E-state index < -0.39 is 0 Å². The summed E-state index contributed by atoms with van der Waals surface area (Å²) in [6.07, 6.45) is 1.98. The topological polar surface area (TPSA) is 42.7 Å². The molecule has 1 aromatic carbocycles. The van der Waals surface area contributed by atoms with Gasteiger partial charge in [-0.25, -0.2) is 0 Å². The summed E-state index contributed by atoms with van der Waals surface area (Å²) in [5, 5.41) is 7.85. The van der Waals surface area contributed by atoms with Crippen molar-refractivity contribution in [2.45, 2.75) is 20.4 Å². The second-order valence-corrected chi connectivity index (χ2v) is 5.09. The third-order valence-electron chi connectivity index (χ3n) is 3.32. The normalized spacial score (nSPS) is 10.6. The average Bonchev–Trinajstić information content (AvgIpc) is 2.90.